The quantitative estimate of drug-likeness (QED) is 0.814. The van der Waals surface area contributed by atoms with Gasteiger partial charge >= 0.3 is 5.97 Å². The second-order valence-corrected chi connectivity index (χ2v) is 5.61. The zero-order valence-corrected chi connectivity index (χ0v) is 10.8. The van der Waals surface area contributed by atoms with Crippen LogP contribution in [0.2, 0.25) is 0 Å². The molecule has 2 fully saturated rings. The molecule has 3 atom stereocenters. The molecule has 0 aromatic rings. The first-order valence-electron chi connectivity index (χ1n) is 6.70. The standard InChI is InChI=1S/C13H23NO3/c1-9(2)11-4-3-7-14(11)8-10-5-6-12(17-10)13(15)16/h9-12H,3-8H2,1-2H3,(H,15,16). The molecular weight excluding hydrogens is 218 g/mol. The summed E-state index contributed by atoms with van der Waals surface area (Å²) in [5.74, 6) is -0.136. The van der Waals surface area contributed by atoms with Gasteiger partial charge in [-0.3, -0.25) is 4.90 Å². The van der Waals surface area contributed by atoms with E-state index in [9.17, 15) is 4.79 Å². The van der Waals surface area contributed by atoms with Gasteiger partial charge in [0.05, 0.1) is 6.10 Å². The third-order valence-electron chi connectivity index (χ3n) is 4.00. The topological polar surface area (TPSA) is 49.8 Å². The molecule has 2 aliphatic rings. The molecule has 2 saturated heterocycles. The van der Waals surface area contributed by atoms with Crippen LogP contribution in [0.25, 0.3) is 0 Å². The second kappa shape index (κ2) is 5.36. The highest BCUT2D eigenvalue weighted by molar-refractivity contribution is 5.72. The summed E-state index contributed by atoms with van der Waals surface area (Å²) in [5, 5.41) is 8.89. The van der Waals surface area contributed by atoms with Crippen molar-refractivity contribution >= 4 is 5.97 Å². The first-order valence-corrected chi connectivity index (χ1v) is 6.70. The molecule has 0 spiro atoms. The van der Waals surface area contributed by atoms with Crippen LogP contribution in [0, 0.1) is 5.92 Å². The maximum Gasteiger partial charge on any atom is 0.332 e. The molecule has 2 heterocycles. The van der Waals surface area contributed by atoms with Gasteiger partial charge in [0.1, 0.15) is 0 Å². The third-order valence-corrected chi connectivity index (χ3v) is 4.00. The van der Waals surface area contributed by atoms with E-state index >= 15 is 0 Å². The SMILES string of the molecule is CC(C)C1CCCN1CC1CCC(C(=O)O)O1. The highest BCUT2D eigenvalue weighted by atomic mass is 16.5. The molecule has 17 heavy (non-hydrogen) atoms. The average molecular weight is 241 g/mol. The average Bonchev–Trinajstić information content (AvgIpc) is 2.86. The van der Waals surface area contributed by atoms with E-state index < -0.39 is 12.1 Å². The molecule has 0 amide bonds. The van der Waals surface area contributed by atoms with Crippen LogP contribution in [0.5, 0.6) is 0 Å². The van der Waals surface area contributed by atoms with Gasteiger partial charge in [-0.1, -0.05) is 13.8 Å². The molecule has 4 heteroatoms. The smallest absolute Gasteiger partial charge is 0.332 e. The van der Waals surface area contributed by atoms with Crippen LogP contribution < -0.4 is 0 Å². The molecule has 0 aromatic carbocycles. The van der Waals surface area contributed by atoms with Gasteiger partial charge in [-0.25, -0.2) is 4.79 Å². The predicted octanol–water partition coefficient (Wildman–Crippen LogP) is 1.74. The van der Waals surface area contributed by atoms with Crippen molar-refractivity contribution in [3.8, 4) is 0 Å². The van der Waals surface area contributed by atoms with E-state index in [-0.39, 0.29) is 6.10 Å². The highest BCUT2D eigenvalue weighted by Crippen LogP contribution is 2.27. The minimum Gasteiger partial charge on any atom is -0.479 e. The summed E-state index contributed by atoms with van der Waals surface area (Å²) in [6.07, 6.45) is 3.64. The van der Waals surface area contributed by atoms with E-state index in [1.807, 2.05) is 0 Å². The zero-order valence-electron chi connectivity index (χ0n) is 10.8. The van der Waals surface area contributed by atoms with Crippen molar-refractivity contribution < 1.29 is 14.6 Å². The number of carbonyl (C=O) groups is 1. The highest BCUT2D eigenvalue weighted by Gasteiger charge is 2.34. The third kappa shape index (κ3) is 2.99. The maximum absolute atomic E-state index is 10.8. The molecule has 0 radical (unpaired) electrons. The number of hydrogen-bond donors (Lipinski definition) is 1. The number of likely N-dealkylation sites (tertiary alicyclic amines) is 1. The van der Waals surface area contributed by atoms with Crippen molar-refractivity contribution in [2.24, 2.45) is 5.92 Å². The van der Waals surface area contributed by atoms with Crippen molar-refractivity contribution in [1.29, 1.82) is 0 Å². The Hall–Kier alpha value is -0.610. The van der Waals surface area contributed by atoms with Gasteiger partial charge in [0.15, 0.2) is 6.10 Å². The van der Waals surface area contributed by atoms with Crippen LogP contribution in [0.4, 0.5) is 0 Å². The normalized spacial score (nSPS) is 34.6. The van der Waals surface area contributed by atoms with Gasteiger partial charge in [0, 0.05) is 12.6 Å². The van der Waals surface area contributed by atoms with Crippen LogP contribution in [0.15, 0.2) is 0 Å². The number of aliphatic carboxylic acids is 1. The maximum atomic E-state index is 10.8. The molecule has 3 unspecified atom stereocenters. The summed E-state index contributed by atoms with van der Waals surface area (Å²) in [7, 11) is 0. The van der Waals surface area contributed by atoms with Crippen LogP contribution in [-0.4, -0.2) is 47.3 Å². The van der Waals surface area contributed by atoms with Crippen LogP contribution in [0.1, 0.15) is 39.5 Å². The van der Waals surface area contributed by atoms with E-state index in [4.69, 9.17) is 9.84 Å². The largest absolute Gasteiger partial charge is 0.479 e. The fraction of sp³-hybridized carbons (Fsp3) is 0.923. The molecule has 98 valence electrons. The van der Waals surface area contributed by atoms with E-state index in [1.54, 1.807) is 0 Å². The number of ether oxygens (including phenoxy) is 1. The Labute approximate surface area is 103 Å². The van der Waals surface area contributed by atoms with Gasteiger partial charge in [0.25, 0.3) is 0 Å². The number of hydrogen-bond acceptors (Lipinski definition) is 3. The molecule has 4 nitrogen and oxygen atoms in total. The Morgan fingerprint density at radius 1 is 1.41 bits per heavy atom. The monoisotopic (exact) mass is 241 g/mol. The first-order chi connectivity index (χ1) is 8.08. The lowest BCUT2D eigenvalue weighted by Gasteiger charge is -2.29. The first kappa shape index (κ1) is 12.8. The van der Waals surface area contributed by atoms with Crippen molar-refractivity contribution in [3.05, 3.63) is 0 Å². The Morgan fingerprint density at radius 3 is 2.76 bits per heavy atom. The molecule has 0 aliphatic carbocycles. The van der Waals surface area contributed by atoms with Gasteiger partial charge in [-0.05, 0) is 38.1 Å². The summed E-state index contributed by atoms with van der Waals surface area (Å²) < 4.78 is 5.57. The van der Waals surface area contributed by atoms with E-state index in [0.29, 0.717) is 18.4 Å². The molecular formula is C13H23NO3. The predicted molar refractivity (Wildman–Crippen MR) is 65.0 cm³/mol. The minimum atomic E-state index is -0.811. The Kier molecular flexibility index (Phi) is 4.05. The lowest BCUT2D eigenvalue weighted by molar-refractivity contribution is -0.149. The Morgan fingerprint density at radius 2 is 2.18 bits per heavy atom. The van der Waals surface area contributed by atoms with Gasteiger partial charge in [-0.15, -0.1) is 0 Å². The second-order valence-electron chi connectivity index (χ2n) is 5.61. The van der Waals surface area contributed by atoms with E-state index in [1.165, 1.54) is 12.8 Å². The van der Waals surface area contributed by atoms with Crippen molar-refractivity contribution in [3.63, 3.8) is 0 Å². The van der Waals surface area contributed by atoms with Gasteiger partial charge in [0.2, 0.25) is 0 Å². The zero-order chi connectivity index (χ0) is 12.4. The molecule has 0 bridgehead atoms. The van der Waals surface area contributed by atoms with Gasteiger partial charge in [-0.2, -0.15) is 0 Å². The molecule has 0 saturated carbocycles. The number of rotatable bonds is 4. The lowest BCUT2D eigenvalue weighted by atomic mass is 10.0. The van der Waals surface area contributed by atoms with Crippen LogP contribution in [-0.2, 0) is 9.53 Å². The van der Waals surface area contributed by atoms with Gasteiger partial charge < -0.3 is 9.84 Å². The molecule has 2 rings (SSSR count). The summed E-state index contributed by atoms with van der Waals surface area (Å²) in [6.45, 7) is 6.57. The molecule has 1 N–H and O–H groups in total. The Bertz CT molecular complexity index is 280. The number of carboxylic acids is 1. The number of nitrogens with zero attached hydrogens (tertiary/aromatic N) is 1. The van der Waals surface area contributed by atoms with E-state index in [2.05, 4.69) is 18.7 Å². The van der Waals surface area contributed by atoms with Crippen LogP contribution >= 0.6 is 0 Å². The van der Waals surface area contributed by atoms with Crippen molar-refractivity contribution in [2.45, 2.75) is 57.8 Å². The van der Waals surface area contributed by atoms with E-state index in [0.717, 1.165) is 19.5 Å². The minimum absolute atomic E-state index is 0.121. The van der Waals surface area contributed by atoms with Crippen LogP contribution in [0.3, 0.4) is 0 Å². The fourth-order valence-electron chi connectivity index (χ4n) is 3.12. The lowest BCUT2D eigenvalue weighted by Crippen LogP contribution is -2.39. The summed E-state index contributed by atoms with van der Waals surface area (Å²) in [5.41, 5.74) is 0. The number of carboxylic acid groups (broad SMARTS) is 1. The summed E-state index contributed by atoms with van der Waals surface area (Å²) in [4.78, 5) is 13.3. The van der Waals surface area contributed by atoms with Crippen molar-refractivity contribution in [1.82, 2.24) is 4.90 Å². The fourth-order valence-corrected chi connectivity index (χ4v) is 3.12. The Balaban J connectivity index is 1.83. The molecule has 2 aliphatic heterocycles. The summed E-state index contributed by atoms with van der Waals surface area (Å²) >= 11 is 0. The van der Waals surface area contributed by atoms with Crippen molar-refractivity contribution in [2.75, 3.05) is 13.1 Å². The molecule has 0 aromatic heterocycles. The summed E-state index contributed by atoms with van der Waals surface area (Å²) in [6, 6.07) is 0.655.